The summed E-state index contributed by atoms with van der Waals surface area (Å²) >= 11 is 0. The molecular weight excluding hydrogens is 156 g/mol. The van der Waals surface area contributed by atoms with Crippen LogP contribution in [0.3, 0.4) is 0 Å². The van der Waals surface area contributed by atoms with Crippen molar-refractivity contribution < 1.29 is 14.3 Å². The molecule has 1 radical (unpaired) electrons. The van der Waals surface area contributed by atoms with E-state index in [1.54, 1.807) is 13.2 Å². The van der Waals surface area contributed by atoms with Gasteiger partial charge in [-0.05, 0) is 32.4 Å². The van der Waals surface area contributed by atoms with Crippen molar-refractivity contribution in [2.24, 2.45) is 0 Å². The zero-order valence-corrected chi connectivity index (χ0v) is 7.79. The van der Waals surface area contributed by atoms with Crippen molar-refractivity contribution in [1.29, 1.82) is 0 Å². The molecule has 0 N–H and O–H groups in total. The second-order valence-electron chi connectivity index (χ2n) is 2.25. The highest BCUT2D eigenvalue weighted by molar-refractivity contribution is 5.66. The van der Waals surface area contributed by atoms with E-state index in [0.717, 1.165) is 5.57 Å². The molecule has 0 rings (SSSR count). The summed E-state index contributed by atoms with van der Waals surface area (Å²) in [6, 6.07) is 0. The molecule has 0 unspecified atom stereocenters. The van der Waals surface area contributed by atoms with Gasteiger partial charge in [0.2, 0.25) is 6.29 Å². The molecule has 0 bridgehead atoms. The van der Waals surface area contributed by atoms with Gasteiger partial charge in [-0.1, -0.05) is 0 Å². The average Bonchev–Trinajstić information content (AvgIpc) is 2.04. The Morgan fingerprint density at radius 1 is 1.42 bits per heavy atom. The van der Waals surface area contributed by atoms with Gasteiger partial charge in [0, 0.05) is 13.2 Å². The molecule has 0 aliphatic heterocycles. The highest BCUT2D eigenvalue weighted by atomic mass is 16.7. The van der Waals surface area contributed by atoms with Crippen LogP contribution in [0.5, 0.6) is 0 Å². The molecule has 0 aliphatic carbocycles. The Labute approximate surface area is 73.4 Å². The normalized spacial score (nSPS) is 12.2. The number of carbonyl (C=O) groups excluding carboxylic acids is 1. The summed E-state index contributed by atoms with van der Waals surface area (Å²) in [5.41, 5.74) is 0.744. The standard InChI is InChI=1S/C9H15O3/c1-4-11-9(12-5-2)8(3)6-7-10/h6,9H,4-5H2,1-3H3. The van der Waals surface area contributed by atoms with E-state index in [1.807, 2.05) is 13.8 Å². The number of ether oxygens (including phenoxy) is 2. The van der Waals surface area contributed by atoms with Crippen molar-refractivity contribution in [3.63, 3.8) is 0 Å². The van der Waals surface area contributed by atoms with E-state index in [0.29, 0.717) is 13.2 Å². The van der Waals surface area contributed by atoms with E-state index in [2.05, 4.69) is 0 Å². The van der Waals surface area contributed by atoms with Crippen molar-refractivity contribution >= 4 is 6.29 Å². The molecule has 0 amide bonds. The molecule has 69 valence electrons. The van der Waals surface area contributed by atoms with Crippen LogP contribution in [0, 0.1) is 0 Å². The molecule has 3 heteroatoms. The molecule has 0 spiro atoms. The lowest BCUT2D eigenvalue weighted by Crippen LogP contribution is -2.18. The van der Waals surface area contributed by atoms with Crippen LogP contribution < -0.4 is 0 Å². The van der Waals surface area contributed by atoms with Crippen LogP contribution in [0.2, 0.25) is 0 Å². The van der Waals surface area contributed by atoms with Gasteiger partial charge in [0.25, 0.3) is 0 Å². The SMILES string of the molecule is CCOC(OCC)C(C)=C[C]=O. The summed E-state index contributed by atoms with van der Waals surface area (Å²) in [5, 5.41) is 0. The van der Waals surface area contributed by atoms with Crippen molar-refractivity contribution in [3.05, 3.63) is 11.6 Å². The van der Waals surface area contributed by atoms with Gasteiger partial charge in [0.05, 0.1) is 0 Å². The first-order valence-corrected chi connectivity index (χ1v) is 4.03. The van der Waals surface area contributed by atoms with E-state index < -0.39 is 6.29 Å². The highest BCUT2D eigenvalue weighted by Crippen LogP contribution is 2.06. The van der Waals surface area contributed by atoms with Gasteiger partial charge in [-0.2, -0.15) is 0 Å². The first kappa shape index (κ1) is 11.3. The molecule has 0 aromatic carbocycles. The number of hydrogen-bond acceptors (Lipinski definition) is 3. The van der Waals surface area contributed by atoms with Crippen LogP contribution >= 0.6 is 0 Å². The van der Waals surface area contributed by atoms with Gasteiger partial charge in [-0.3, -0.25) is 4.79 Å². The second kappa shape index (κ2) is 7.00. The van der Waals surface area contributed by atoms with E-state index in [-0.39, 0.29) is 0 Å². The predicted octanol–water partition coefficient (Wildman–Crippen LogP) is 1.44. The fourth-order valence-corrected chi connectivity index (χ4v) is 0.775. The predicted molar refractivity (Wildman–Crippen MR) is 46.5 cm³/mol. The minimum atomic E-state index is -0.401. The van der Waals surface area contributed by atoms with Gasteiger partial charge < -0.3 is 9.47 Å². The Morgan fingerprint density at radius 2 is 1.92 bits per heavy atom. The Morgan fingerprint density at radius 3 is 2.25 bits per heavy atom. The Hall–Kier alpha value is -0.670. The molecule has 0 saturated carbocycles. The second-order valence-corrected chi connectivity index (χ2v) is 2.25. The van der Waals surface area contributed by atoms with Gasteiger partial charge in [-0.15, -0.1) is 0 Å². The van der Waals surface area contributed by atoms with E-state index in [9.17, 15) is 4.79 Å². The fourth-order valence-electron chi connectivity index (χ4n) is 0.775. The summed E-state index contributed by atoms with van der Waals surface area (Å²) in [7, 11) is 0. The highest BCUT2D eigenvalue weighted by Gasteiger charge is 2.08. The monoisotopic (exact) mass is 171 g/mol. The third-order valence-corrected chi connectivity index (χ3v) is 1.29. The maximum atomic E-state index is 10.0. The average molecular weight is 171 g/mol. The molecule has 0 atom stereocenters. The molecule has 0 heterocycles. The van der Waals surface area contributed by atoms with E-state index >= 15 is 0 Å². The zero-order valence-electron chi connectivity index (χ0n) is 7.79. The molecule has 0 fully saturated rings. The summed E-state index contributed by atoms with van der Waals surface area (Å²) in [5.74, 6) is 0. The molecule has 0 aliphatic rings. The van der Waals surface area contributed by atoms with Crippen LogP contribution in [0.4, 0.5) is 0 Å². The van der Waals surface area contributed by atoms with Crippen LogP contribution in [-0.4, -0.2) is 25.8 Å². The minimum Gasteiger partial charge on any atom is -0.349 e. The van der Waals surface area contributed by atoms with E-state index in [4.69, 9.17) is 9.47 Å². The number of allylic oxidation sites excluding steroid dienone is 1. The van der Waals surface area contributed by atoms with Crippen LogP contribution in [-0.2, 0) is 14.3 Å². The molecule has 0 aromatic heterocycles. The van der Waals surface area contributed by atoms with Crippen molar-refractivity contribution in [3.8, 4) is 0 Å². The van der Waals surface area contributed by atoms with Crippen molar-refractivity contribution in [2.75, 3.05) is 13.2 Å². The Balaban J connectivity index is 4.07. The third-order valence-electron chi connectivity index (χ3n) is 1.29. The lowest BCUT2D eigenvalue weighted by molar-refractivity contribution is -0.111. The lowest BCUT2D eigenvalue weighted by atomic mass is 10.3. The summed E-state index contributed by atoms with van der Waals surface area (Å²) in [6.45, 7) is 6.66. The molecule has 0 aromatic rings. The van der Waals surface area contributed by atoms with Crippen LogP contribution in [0.1, 0.15) is 20.8 Å². The third kappa shape index (κ3) is 4.26. The fraction of sp³-hybridized carbons (Fsp3) is 0.667. The molecule has 3 nitrogen and oxygen atoms in total. The quantitative estimate of drug-likeness (QED) is 0.448. The summed E-state index contributed by atoms with van der Waals surface area (Å²) < 4.78 is 10.5. The Bertz CT molecular complexity index is 146. The van der Waals surface area contributed by atoms with Crippen LogP contribution in [0.25, 0.3) is 0 Å². The summed E-state index contributed by atoms with van der Waals surface area (Å²) in [6.07, 6.45) is 2.62. The van der Waals surface area contributed by atoms with Crippen molar-refractivity contribution in [1.82, 2.24) is 0 Å². The van der Waals surface area contributed by atoms with Crippen LogP contribution in [0.15, 0.2) is 11.6 Å². The summed E-state index contributed by atoms with van der Waals surface area (Å²) in [4.78, 5) is 10.0. The lowest BCUT2D eigenvalue weighted by Gasteiger charge is -2.16. The number of hydrogen-bond donors (Lipinski definition) is 0. The zero-order chi connectivity index (χ0) is 9.40. The van der Waals surface area contributed by atoms with Gasteiger partial charge in [0.1, 0.15) is 0 Å². The molecule has 0 saturated heterocycles. The number of rotatable bonds is 6. The largest absolute Gasteiger partial charge is 0.349 e. The van der Waals surface area contributed by atoms with Crippen molar-refractivity contribution in [2.45, 2.75) is 27.1 Å². The first-order chi connectivity index (χ1) is 5.76. The van der Waals surface area contributed by atoms with Gasteiger partial charge in [-0.25, -0.2) is 0 Å². The van der Waals surface area contributed by atoms with Gasteiger partial charge >= 0.3 is 0 Å². The van der Waals surface area contributed by atoms with E-state index in [1.165, 1.54) is 6.08 Å². The smallest absolute Gasteiger partial charge is 0.225 e. The molecule has 12 heavy (non-hydrogen) atoms. The van der Waals surface area contributed by atoms with Gasteiger partial charge in [0.15, 0.2) is 6.29 Å². The maximum Gasteiger partial charge on any atom is 0.225 e. The molecular formula is C9H15O3. The topological polar surface area (TPSA) is 35.5 Å². The maximum absolute atomic E-state index is 10.0. The first-order valence-electron chi connectivity index (χ1n) is 4.03. The minimum absolute atomic E-state index is 0.401. The Kier molecular flexibility index (Phi) is 6.61.